The Morgan fingerprint density at radius 2 is 1.93 bits per heavy atom. The second-order valence-corrected chi connectivity index (χ2v) is 13.0. The van der Waals surface area contributed by atoms with Gasteiger partial charge in [0.15, 0.2) is 10.9 Å². The molecule has 3 fully saturated rings. The van der Waals surface area contributed by atoms with Gasteiger partial charge in [0.05, 0.1) is 21.3 Å². The Balaban J connectivity index is 1.44. The Hall–Kier alpha value is -3.39. The predicted octanol–water partition coefficient (Wildman–Crippen LogP) is 7.12. The molecule has 0 saturated carbocycles. The molecule has 3 aliphatic heterocycles. The first-order valence-electron chi connectivity index (χ1n) is 14.7. The van der Waals surface area contributed by atoms with Crippen molar-refractivity contribution in [1.82, 2.24) is 19.9 Å². The number of rotatable bonds is 6. The molecule has 0 spiro atoms. The van der Waals surface area contributed by atoms with Gasteiger partial charge in [0, 0.05) is 42.1 Å². The summed E-state index contributed by atoms with van der Waals surface area (Å²) in [6, 6.07) is 2.71. The number of anilines is 2. The van der Waals surface area contributed by atoms with E-state index in [4.69, 9.17) is 10.5 Å². The van der Waals surface area contributed by atoms with Gasteiger partial charge in [-0.05, 0) is 56.8 Å². The molecular weight excluding hydrogens is 606 g/mol. The van der Waals surface area contributed by atoms with Crippen LogP contribution in [0.1, 0.15) is 51.0 Å². The summed E-state index contributed by atoms with van der Waals surface area (Å²) in [4.78, 5) is 16.9. The molecule has 0 unspecified atom stereocenters. The fourth-order valence-electron chi connectivity index (χ4n) is 7.34. The van der Waals surface area contributed by atoms with Crippen LogP contribution in [0.4, 0.5) is 37.3 Å². The Labute approximate surface area is 253 Å². The summed E-state index contributed by atoms with van der Waals surface area (Å²) in [7, 11) is 0. The van der Waals surface area contributed by atoms with E-state index >= 15 is 4.39 Å². The van der Waals surface area contributed by atoms with E-state index in [1.54, 1.807) is 0 Å². The van der Waals surface area contributed by atoms with Crippen LogP contribution in [0.25, 0.3) is 32.2 Å². The molecule has 234 valence electrons. The lowest BCUT2D eigenvalue weighted by Crippen LogP contribution is -2.43. The van der Waals surface area contributed by atoms with E-state index in [1.165, 1.54) is 0 Å². The first-order chi connectivity index (χ1) is 21.0. The highest BCUT2D eigenvalue weighted by molar-refractivity contribution is 7.22. The first kappa shape index (κ1) is 29.3. The minimum atomic E-state index is -4.98. The third-order valence-corrected chi connectivity index (χ3v) is 10.2. The van der Waals surface area contributed by atoms with E-state index in [2.05, 4.69) is 19.9 Å². The highest BCUT2D eigenvalue weighted by atomic mass is 32.1. The first-order valence-corrected chi connectivity index (χ1v) is 15.6. The van der Waals surface area contributed by atoms with Gasteiger partial charge < -0.3 is 15.4 Å². The zero-order chi connectivity index (χ0) is 31.0. The molecule has 3 saturated heterocycles. The Morgan fingerprint density at radius 3 is 2.70 bits per heavy atom. The minimum Gasteiger partial charge on any atom is -0.461 e. The summed E-state index contributed by atoms with van der Waals surface area (Å²) in [5.74, 6) is -1.82. The van der Waals surface area contributed by atoms with Gasteiger partial charge in [-0.3, -0.25) is 4.90 Å². The lowest BCUT2D eigenvalue weighted by Gasteiger charge is -2.31. The summed E-state index contributed by atoms with van der Waals surface area (Å²) in [6.07, 6.45) is -1.76. The lowest BCUT2D eigenvalue weighted by molar-refractivity contribution is -0.137. The molecule has 4 aromatic rings. The van der Waals surface area contributed by atoms with Crippen LogP contribution in [0.15, 0.2) is 18.2 Å². The van der Waals surface area contributed by atoms with Gasteiger partial charge in [0.1, 0.15) is 29.9 Å². The van der Waals surface area contributed by atoms with Crippen molar-refractivity contribution in [3.63, 3.8) is 0 Å². The van der Waals surface area contributed by atoms with Gasteiger partial charge in [0.2, 0.25) is 0 Å². The van der Waals surface area contributed by atoms with Crippen LogP contribution in [0.2, 0.25) is 0 Å². The molecule has 0 aliphatic carbocycles. The maximum Gasteiger partial charge on any atom is 0.417 e. The van der Waals surface area contributed by atoms with Crippen LogP contribution in [0.3, 0.4) is 0 Å². The summed E-state index contributed by atoms with van der Waals surface area (Å²) >= 11 is 0.766. The number of benzene rings is 2. The van der Waals surface area contributed by atoms with Crippen molar-refractivity contribution in [1.29, 1.82) is 0 Å². The molecule has 0 bridgehead atoms. The molecule has 7 nitrogen and oxygen atoms in total. The van der Waals surface area contributed by atoms with Gasteiger partial charge in [0.25, 0.3) is 0 Å². The quantitative estimate of drug-likeness (QED) is 0.226. The number of hydrogen-bond donors (Lipinski definition) is 1. The number of thiazole rings is 1. The van der Waals surface area contributed by atoms with Crippen molar-refractivity contribution in [3.05, 3.63) is 35.4 Å². The van der Waals surface area contributed by atoms with Crippen LogP contribution in [-0.4, -0.2) is 63.8 Å². The minimum absolute atomic E-state index is 0.0150. The third kappa shape index (κ3) is 4.72. The fraction of sp³-hybridized carbons (Fsp3) is 0.500. The average molecular weight is 637 g/mol. The largest absolute Gasteiger partial charge is 0.461 e. The van der Waals surface area contributed by atoms with Crippen LogP contribution in [0, 0.1) is 11.6 Å². The van der Waals surface area contributed by atoms with E-state index in [-0.39, 0.29) is 56.3 Å². The lowest BCUT2D eigenvalue weighted by atomic mass is 9.95. The second-order valence-electron chi connectivity index (χ2n) is 11.9. The molecule has 0 radical (unpaired) electrons. The number of alkyl halides is 4. The Kier molecular flexibility index (Phi) is 7.07. The van der Waals surface area contributed by atoms with Gasteiger partial charge in [-0.2, -0.15) is 23.1 Å². The van der Waals surface area contributed by atoms with Crippen molar-refractivity contribution in [2.75, 3.05) is 36.9 Å². The van der Waals surface area contributed by atoms with Crippen molar-refractivity contribution in [2.24, 2.45) is 0 Å². The highest BCUT2D eigenvalue weighted by Gasteiger charge is 2.49. The van der Waals surface area contributed by atoms with Crippen LogP contribution in [0.5, 0.6) is 6.01 Å². The average Bonchev–Trinajstić information content (AvgIpc) is 3.75. The standard InChI is InChI=1S/C30H30F6N6OS/c1-2-16-5-3-10-42(16)26-18-11-19(30(34,35)36)21(17-6-7-20(32)25-24(17)38-27(37)44-25)22(33)23(18)39-28(40-26)43-14-29-8-4-9-41(29)13-15(31)12-29/h6-7,11,15-16H,2-5,8-10,12-14H2,1H3,(H2,37,38)/t15-,16+,29+/m1/s1. The molecule has 7 rings (SSSR count). The number of ether oxygens (including phenoxy) is 1. The van der Waals surface area contributed by atoms with Crippen LogP contribution < -0.4 is 15.4 Å². The van der Waals surface area contributed by atoms with Crippen molar-refractivity contribution >= 4 is 43.4 Å². The second kappa shape index (κ2) is 10.6. The molecule has 3 atom stereocenters. The van der Waals surface area contributed by atoms with Gasteiger partial charge in [-0.15, -0.1) is 0 Å². The Bertz CT molecular complexity index is 1760. The molecule has 2 aromatic carbocycles. The van der Waals surface area contributed by atoms with E-state index in [1.807, 2.05) is 11.8 Å². The van der Waals surface area contributed by atoms with Crippen molar-refractivity contribution in [3.8, 4) is 17.1 Å². The normalized spacial score (nSPS) is 24.2. The number of nitrogens with zero attached hydrogens (tertiary/aromatic N) is 5. The SMILES string of the molecule is CC[C@H]1CCCN1c1nc(OC[C@@]23CCCN2C[C@H](F)C3)nc2c(F)c(-c3ccc(F)c4sc(N)nc34)c(C(F)(F)F)cc12. The number of halogens is 6. The third-order valence-electron chi connectivity index (χ3n) is 9.33. The number of aromatic nitrogens is 3. The number of fused-ring (bicyclic) bond motifs is 3. The van der Waals surface area contributed by atoms with Crippen molar-refractivity contribution < 1.29 is 31.1 Å². The maximum atomic E-state index is 16.7. The maximum absolute atomic E-state index is 16.7. The molecule has 0 amide bonds. The molecule has 2 aromatic heterocycles. The monoisotopic (exact) mass is 636 g/mol. The zero-order valence-electron chi connectivity index (χ0n) is 23.9. The van der Waals surface area contributed by atoms with Crippen molar-refractivity contribution in [2.45, 2.75) is 69.4 Å². The number of nitrogens with two attached hydrogens (primary N) is 1. The van der Waals surface area contributed by atoms with Crippen LogP contribution >= 0.6 is 11.3 Å². The molecular formula is C30H30F6N6OS. The number of nitrogen functional groups attached to an aromatic ring is 1. The molecule has 3 aliphatic rings. The van der Waals surface area contributed by atoms with E-state index in [9.17, 15) is 22.0 Å². The zero-order valence-corrected chi connectivity index (χ0v) is 24.7. The molecule has 2 N–H and O–H groups in total. The van der Waals surface area contributed by atoms with Crippen LogP contribution in [-0.2, 0) is 6.18 Å². The summed E-state index contributed by atoms with van der Waals surface area (Å²) in [6.45, 7) is 3.62. The number of hydrogen-bond acceptors (Lipinski definition) is 8. The summed E-state index contributed by atoms with van der Waals surface area (Å²) in [5.41, 5.74) is 2.40. The smallest absolute Gasteiger partial charge is 0.417 e. The van der Waals surface area contributed by atoms with Gasteiger partial charge >= 0.3 is 12.2 Å². The fourth-order valence-corrected chi connectivity index (χ4v) is 8.11. The Morgan fingerprint density at radius 1 is 1.11 bits per heavy atom. The predicted molar refractivity (Wildman–Crippen MR) is 157 cm³/mol. The van der Waals surface area contributed by atoms with E-state index in [0.717, 1.165) is 61.8 Å². The topological polar surface area (TPSA) is 80.4 Å². The summed E-state index contributed by atoms with van der Waals surface area (Å²) < 4.78 is 95.9. The molecule has 14 heteroatoms. The van der Waals surface area contributed by atoms with E-state index in [0.29, 0.717) is 25.9 Å². The molecule has 44 heavy (non-hydrogen) atoms. The molecule has 5 heterocycles. The van der Waals surface area contributed by atoms with Gasteiger partial charge in [-0.25, -0.2) is 18.2 Å². The van der Waals surface area contributed by atoms with Gasteiger partial charge in [-0.1, -0.05) is 18.3 Å². The van der Waals surface area contributed by atoms with E-state index < -0.39 is 40.6 Å². The summed E-state index contributed by atoms with van der Waals surface area (Å²) in [5, 5.41) is -0.170. The highest BCUT2D eigenvalue weighted by Crippen LogP contribution is 2.47.